The maximum atomic E-state index is 12.7. The number of carbonyl (C=O) groups is 1. The lowest BCUT2D eigenvalue weighted by Crippen LogP contribution is -2.28. The van der Waals surface area contributed by atoms with Crippen molar-refractivity contribution in [2.24, 2.45) is 5.10 Å². The molecule has 0 aromatic heterocycles. The largest absolute Gasteiger partial charge is 0.493 e. The summed E-state index contributed by atoms with van der Waals surface area (Å²) in [7, 11) is -0.506. The number of hydrogen-bond donors (Lipinski definition) is 1. The van der Waals surface area contributed by atoms with Crippen LogP contribution in [-0.4, -0.2) is 52.2 Å². The lowest BCUT2D eigenvalue weighted by atomic mass is 10.2. The van der Waals surface area contributed by atoms with E-state index in [0.717, 1.165) is 12.8 Å². The Morgan fingerprint density at radius 1 is 1.07 bits per heavy atom. The zero-order valence-electron chi connectivity index (χ0n) is 16.3. The van der Waals surface area contributed by atoms with Crippen LogP contribution in [0, 0.1) is 0 Å². The first kappa shape index (κ1) is 20.8. The molecular weight excluding hydrogens is 394 g/mol. The molecule has 29 heavy (non-hydrogen) atoms. The minimum absolute atomic E-state index is 0.107. The molecule has 0 unspecified atom stereocenters. The van der Waals surface area contributed by atoms with Crippen LogP contribution in [0.5, 0.6) is 11.5 Å². The van der Waals surface area contributed by atoms with Crippen LogP contribution in [0.3, 0.4) is 0 Å². The Morgan fingerprint density at radius 2 is 1.79 bits per heavy atom. The van der Waals surface area contributed by atoms with Gasteiger partial charge in [-0.15, -0.1) is 0 Å². The molecule has 1 heterocycles. The molecule has 0 atom stereocenters. The van der Waals surface area contributed by atoms with Gasteiger partial charge in [-0.2, -0.15) is 9.41 Å². The van der Waals surface area contributed by atoms with Crippen molar-refractivity contribution in [3.63, 3.8) is 0 Å². The summed E-state index contributed by atoms with van der Waals surface area (Å²) >= 11 is 0. The number of nitrogens with one attached hydrogen (secondary N) is 1. The summed E-state index contributed by atoms with van der Waals surface area (Å²) < 4.78 is 37.2. The zero-order valence-corrected chi connectivity index (χ0v) is 17.1. The molecule has 0 bridgehead atoms. The average Bonchev–Trinajstić information content (AvgIpc) is 3.29. The molecule has 0 aliphatic carbocycles. The number of amides is 1. The van der Waals surface area contributed by atoms with E-state index in [1.165, 1.54) is 29.8 Å². The number of rotatable bonds is 7. The van der Waals surface area contributed by atoms with Gasteiger partial charge in [0.15, 0.2) is 11.5 Å². The second kappa shape index (κ2) is 9.06. The van der Waals surface area contributed by atoms with Crippen molar-refractivity contribution < 1.29 is 22.7 Å². The lowest BCUT2D eigenvalue weighted by molar-refractivity contribution is 0.0955. The average molecular weight is 417 g/mol. The van der Waals surface area contributed by atoms with Crippen LogP contribution in [0.4, 0.5) is 0 Å². The van der Waals surface area contributed by atoms with E-state index >= 15 is 0 Å². The Bertz CT molecular complexity index is 1010. The van der Waals surface area contributed by atoms with Gasteiger partial charge < -0.3 is 9.47 Å². The van der Waals surface area contributed by atoms with Gasteiger partial charge in [-0.25, -0.2) is 13.8 Å². The maximum Gasteiger partial charge on any atom is 0.271 e. The van der Waals surface area contributed by atoms with Crippen LogP contribution >= 0.6 is 0 Å². The minimum Gasteiger partial charge on any atom is -0.493 e. The fourth-order valence-electron chi connectivity index (χ4n) is 3.04. The van der Waals surface area contributed by atoms with Crippen LogP contribution in [0.1, 0.15) is 28.8 Å². The first-order valence-corrected chi connectivity index (χ1v) is 10.6. The Kier molecular flexibility index (Phi) is 6.50. The molecular formula is C20H23N3O5S. The molecule has 1 aliphatic heterocycles. The van der Waals surface area contributed by atoms with Gasteiger partial charge in [-0.05, 0) is 54.8 Å². The molecule has 3 rings (SSSR count). The molecule has 1 amide bonds. The molecule has 8 nitrogen and oxygen atoms in total. The van der Waals surface area contributed by atoms with E-state index in [9.17, 15) is 13.2 Å². The Balaban J connectivity index is 1.71. The van der Waals surface area contributed by atoms with Crippen LogP contribution in [0.2, 0.25) is 0 Å². The van der Waals surface area contributed by atoms with Gasteiger partial charge in [-0.1, -0.05) is 6.07 Å². The Labute approximate surface area is 170 Å². The summed E-state index contributed by atoms with van der Waals surface area (Å²) in [4.78, 5) is 12.5. The minimum atomic E-state index is -3.58. The standard InChI is InChI=1S/C20H23N3O5S/c1-27-18-9-8-15(12-19(18)28-2)14-21-22-20(24)16-6-5-7-17(13-16)29(25,26)23-10-3-4-11-23/h5-9,12-14H,3-4,10-11H2,1-2H3,(H,22,24)/b21-14-. The number of carbonyl (C=O) groups excluding carboxylic acids is 1. The third-order valence-electron chi connectivity index (χ3n) is 4.59. The summed E-state index contributed by atoms with van der Waals surface area (Å²) in [6, 6.07) is 11.2. The maximum absolute atomic E-state index is 12.7. The van der Waals surface area contributed by atoms with Crippen molar-refractivity contribution in [3.05, 3.63) is 53.6 Å². The summed E-state index contributed by atoms with van der Waals surface area (Å²) in [6.07, 6.45) is 3.17. The van der Waals surface area contributed by atoms with Gasteiger partial charge in [0, 0.05) is 18.7 Å². The third-order valence-corrected chi connectivity index (χ3v) is 6.48. The van der Waals surface area contributed by atoms with E-state index in [0.29, 0.717) is 30.2 Å². The predicted octanol–water partition coefficient (Wildman–Crippen LogP) is 2.25. The first-order chi connectivity index (χ1) is 14.0. The smallest absolute Gasteiger partial charge is 0.271 e. The molecule has 1 saturated heterocycles. The van der Waals surface area contributed by atoms with Crippen molar-refractivity contribution in [1.82, 2.24) is 9.73 Å². The Morgan fingerprint density at radius 3 is 2.48 bits per heavy atom. The van der Waals surface area contributed by atoms with Crippen molar-refractivity contribution in [3.8, 4) is 11.5 Å². The topological polar surface area (TPSA) is 97.3 Å². The molecule has 154 valence electrons. The summed E-state index contributed by atoms with van der Waals surface area (Å²) in [5.41, 5.74) is 3.33. The number of sulfonamides is 1. The summed E-state index contributed by atoms with van der Waals surface area (Å²) in [6.45, 7) is 1.02. The van der Waals surface area contributed by atoms with Crippen molar-refractivity contribution in [1.29, 1.82) is 0 Å². The molecule has 1 fully saturated rings. The quantitative estimate of drug-likeness (QED) is 0.551. The molecule has 1 aliphatic rings. The van der Waals surface area contributed by atoms with Crippen LogP contribution in [0.15, 0.2) is 52.5 Å². The van der Waals surface area contributed by atoms with Crippen LogP contribution in [0.25, 0.3) is 0 Å². The van der Waals surface area contributed by atoms with Gasteiger partial charge in [0.2, 0.25) is 10.0 Å². The molecule has 2 aromatic rings. The van der Waals surface area contributed by atoms with E-state index in [4.69, 9.17) is 9.47 Å². The van der Waals surface area contributed by atoms with E-state index in [1.54, 1.807) is 37.4 Å². The highest BCUT2D eigenvalue weighted by Gasteiger charge is 2.27. The number of hydrazone groups is 1. The molecule has 2 aromatic carbocycles. The SMILES string of the molecule is COc1ccc(/C=N\NC(=O)c2cccc(S(=O)(=O)N3CCCC3)c2)cc1OC. The van der Waals surface area contributed by atoms with Crippen molar-refractivity contribution in [2.45, 2.75) is 17.7 Å². The van der Waals surface area contributed by atoms with Crippen LogP contribution < -0.4 is 14.9 Å². The summed E-state index contributed by atoms with van der Waals surface area (Å²) in [5.74, 6) is 0.632. The predicted molar refractivity (Wildman–Crippen MR) is 109 cm³/mol. The molecule has 0 radical (unpaired) electrons. The van der Waals surface area contributed by atoms with Gasteiger partial charge in [0.25, 0.3) is 5.91 Å². The highest BCUT2D eigenvalue weighted by Crippen LogP contribution is 2.27. The number of benzene rings is 2. The summed E-state index contributed by atoms with van der Waals surface area (Å²) in [5, 5.41) is 3.94. The zero-order chi connectivity index (χ0) is 20.9. The van der Waals surface area contributed by atoms with Crippen molar-refractivity contribution in [2.75, 3.05) is 27.3 Å². The van der Waals surface area contributed by atoms with E-state index < -0.39 is 15.9 Å². The van der Waals surface area contributed by atoms with E-state index in [-0.39, 0.29) is 10.5 Å². The van der Waals surface area contributed by atoms with Gasteiger partial charge in [-0.3, -0.25) is 4.79 Å². The number of hydrogen-bond acceptors (Lipinski definition) is 6. The fourth-order valence-corrected chi connectivity index (χ4v) is 4.60. The molecule has 0 saturated carbocycles. The number of nitrogens with zero attached hydrogens (tertiary/aromatic N) is 2. The highest BCUT2D eigenvalue weighted by atomic mass is 32.2. The van der Waals surface area contributed by atoms with Gasteiger partial charge in [0.1, 0.15) is 0 Å². The second-order valence-electron chi connectivity index (χ2n) is 6.45. The fraction of sp³-hybridized carbons (Fsp3) is 0.300. The molecule has 1 N–H and O–H groups in total. The monoisotopic (exact) mass is 417 g/mol. The van der Waals surface area contributed by atoms with Crippen molar-refractivity contribution >= 4 is 22.1 Å². The lowest BCUT2D eigenvalue weighted by Gasteiger charge is -2.15. The van der Waals surface area contributed by atoms with Gasteiger partial charge in [0.05, 0.1) is 25.3 Å². The second-order valence-corrected chi connectivity index (χ2v) is 8.39. The molecule has 0 spiro atoms. The third kappa shape index (κ3) is 4.75. The van der Waals surface area contributed by atoms with Gasteiger partial charge >= 0.3 is 0 Å². The number of ether oxygens (including phenoxy) is 2. The Hall–Kier alpha value is -2.91. The highest BCUT2D eigenvalue weighted by molar-refractivity contribution is 7.89. The molecule has 9 heteroatoms. The van der Waals surface area contributed by atoms with E-state index in [1.807, 2.05) is 0 Å². The van der Waals surface area contributed by atoms with Crippen LogP contribution in [-0.2, 0) is 10.0 Å². The first-order valence-electron chi connectivity index (χ1n) is 9.11. The normalized spacial score (nSPS) is 14.8. The number of methoxy groups -OCH3 is 2. The van der Waals surface area contributed by atoms with E-state index in [2.05, 4.69) is 10.5 Å².